The lowest BCUT2D eigenvalue weighted by Crippen LogP contribution is -2.38. The van der Waals surface area contributed by atoms with E-state index in [0.29, 0.717) is 11.1 Å². The molecule has 2 aromatic rings. The molecule has 0 saturated heterocycles. The van der Waals surface area contributed by atoms with Crippen LogP contribution < -0.4 is 0 Å². The third-order valence-corrected chi connectivity index (χ3v) is 7.62. The first-order chi connectivity index (χ1) is 17.0. The minimum absolute atomic E-state index is 0.0148. The van der Waals surface area contributed by atoms with Gasteiger partial charge in [-0.1, -0.05) is 54.6 Å². The van der Waals surface area contributed by atoms with E-state index in [4.69, 9.17) is 14.2 Å². The molecule has 0 N–H and O–H groups in total. The van der Waals surface area contributed by atoms with Crippen molar-refractivity contribution in [2.45, 2.75) is 32.1 Å². The molecule has 6 nitrogen and oxygen atoms in total. The summed E-state index contributed by atoms with van der Waals surface area (Å²) in [5, 5.41) is 0. The Balaban J connectivity index is 1.83. The summed E-state index contributed by atoms with van der Waals surface area (Å²) in [5.74, 6) is -1.94. The number of rotatable bonds is 5. The molecule has 6 heteroatoms. The number of hydrogen-bond donors (Lipinski definition) is 0. The molecule has 3 aliphatic rings. The second-order valence-electron chi connectivity index (χ2n) is 9.28. The normalized spacial score (nSPS) is 21.7. The fraction of sp³-hybridized carbons (Fsp3) is 0.345. The predicted octanol–water partition coefficient (Wildman–Crippen LogP) is 4.40. The fourth-order valence-electron chi connectivity index (χ4n) is 6.25. The molecule has 0 aliphatic heterocycles. The molecule has 0 amide bonds. The average Bonchev–Trinajstić information content (AvgIpc) is 3.46. The van der Waals surface area contributed by atoms with Crippen LogP contribution in [0.5, 0.6) is 0 Å². The van der Waals surface area contributed by atoms with Crippen LogP contribution in [0.3, 0.4) is 0 Å². The molecule has 0 unspecified atom stereocenters. The molecule has 2 aromatic carbocycles. The van der Waals surface area contributed by atoms with Crippen LogP contribution in [0.4, 0.5) is 0 Å². The SMILES string of the molecule is CCOC(=O)C1=C2CC(C(=O)OC)(C(=O)OC)CC2=C(c2ccccc2)[C@H]2Cc3ccccc3[C@@H]12. The van der Waals surface area contributed by atoms with E-state index >= 15 is 0 Å². The van der Waals surface area contributed by atoms with E-state index < -0.39 is 23.3 Å². The summed E-state index contributed by atoms with van der Waals surface area (Å²) < 4.78 is 15.7. The second-order valence-corrected chi connectivity index (χ2v) is 9.28. The number of ether oxygens (including phenoxy) is 3. The minimum atomic E-state index is -1.54. The Morgan fingerprint density at radius 2 is 1.51 bits per heavy atom. The van der Waals surface area contributed by atoms with Crippen LogP contribution >= 0.6 is 0 Å². The molecule has 0 spiro atoms. The van der Waals surface area contributed by atoms with Crippen LogP contribution in [0.15, 0.2) is 71.3 Å². The summed E-state index contributed by atoms with van der Waals surface area (Å²) >= 11 is 0. The lowest BCUT2D eigenvalue weighted by atomic mass is 9.70. The van der Waals surface area contributed by atoms with Gasteiger partial charge in [-0.15, -0.1) is 0 Å². The zero-order valence-electron chi connectivity index (χ0n) is 20.1. The number of allylic oxidation sites excluding steroid dienone is 3. The smallest absolute Gasteiger partial charge is 0.334 e. The zero-order chi connectivity index (χ0) is 24.7. The highest BCUT2D eigenvalue weighted by atomic mass is 16.5. The molecular weight excluding hydrogens is 444 g/mol. The van der Waals surface area contributed by atoms with Gasteiger partial charge in [0, 0.05) is 24.3 Å². The summed E-state index contributed by atoms with van der Waals surface area (Å²) in [6.07, 6.45) is 0.917. The molecular formula is C29H28O6. The first-order valence-electron chi connectivity index (χ1n) is 11.9. The van der Waals surface area contributed by atoms with E-state index in [2.05, 4.69) is 12.1 Å². The van der Waals surface area contributed by atoms with Gasteiger partial charge < -0.3 is 14.2 Å². The maximum absolute atomic E-state index is 13.5. The summed E-state index contributed by atoms with van der Waals surface area (Å²) in [6, 6.07) is 18.2. The van der Waals surface area contributed by atoms with Gasteiger partial charge >= 0.3 is 17.9 Å². The van der Waals surface area contributed by atoms with Crippen LogP contribution in [0.1, 0.15) is 42.4 Å². The maximum Gasteiger partial charge on any atom is 0.334 e. The molecule has 2 atom stereocenters. The summed E-state index contributed by atoms with van der Waals surface area (Å²) in [7, 11) is 2.54. The van der Waals surface area contributed by atoms with Crippen molar-refractivity contribution in [3.05, 3.63) is 88.0 Å². The predicted molar refractivity (Wildman–Crippen MR) is 129 cm³/mol. The van der Waals surface area contributed by atoms with Crippen molar-refractivity contribution >= 4 is 23.5 Å². The van der Waals surface area contributed by atoms with Crippen molar-refractivity contribution in [2.24, 2.45) is 11.3 Å². The van der Waals surface area contributed by atoms with Crippen LogP contribution in [0.25, 0.3) is 5.57 Å². The first kappa shape index (κ1) is 23.1. The largest absolute Gasteiger partial charge is 0.468 e. The topological polar surface area (TPSA) is 78.9 Å². The maximum atomic E-state index is 13.5. The number of fused-ring (bicyclic) bond motifs is 4. The van der Waals surface area contributed by atoms with Gasteiger partial charge in [-0.25, -0.2) is 4.79 Å². The quantitative estimate of drug-likeness (QED) is 0.365. The lowest BCUT2D eigenvalue weighted by molar-refractivity contribution is -0.168. The Hall–Kier alpha value is -3.67. The fourth-order valence-corrected chi connectivity index (χ4v) is 6.25. The molecule has 5 rings (SSSR count). The number of hydrogen-bond acceptors (Lipinski definition) is 6. The molecule has 35 heavy (non-hydrogen) atoms. The molecule has 1 saturated carbocycles. The second kappa shape index (κ2) is 8.84. The standard InChI is InChI=1S/C29H28O6/c1-4-35-26(30)25-22-16-29(27(31)33-2,28(32)34-3)15-21(22)23(17-10-6-5-7-11-17)20-14-18-12-8-9-13-19(18)24(20)25/h5-13,20,24H,4,14-16H2,1-3H3/t20-,24-/m1/s1. The Labute approximate surface area is 204 Å². The van der Waals surface area contributed by atoms with E-state index in [-0.39, 0.29) is 31.3 Å². The van der Waals surface area contributed by atoms with Crippen molar-refractivity contribution in [1.29, 1.82) is 0 Å². The summed E-state index contributed by atoms with van der Waals surface area (Å²) in [4.78, 5) is 39.7. The highest BCUT2D eigenvalue weighted by Gasteiger charge is 2.58. The molecule has 0 radical (unpaired) electrons. The molecule has 1 fully saturated rings. The Morgan fingerprint density at radius 3 is 2.17 bits per heavy atom. The Morgan fingerprint density at radius 1 is 0.886 bits per heavy atom. The molecule has 0 heterocycles. The third kappa shape index (κ3) is 3.42. The number of carbonyl (C=O) groups excluding carboxylic acids is 3. The molecule has 0 bridgehead atoms. The van der Waals surface area contributed by atoms with Gasteiger partial charge in [0.05, 0.1) is 20.8 Å². The van der Waals surface area contributed by atoms with Crippen LogP contribution in [0.2, 0.25) is 0 Å². The van der Waals surface area contributed by atoms with Gasteiger partial charge in [-0.3, -0.25) is 9.59 Å². The minimum Gasteiger partial charge on any atom is -0.468 e. The number of methoxy groups -OCH3 is 2. The van der Waals surface area contributed by atoms with Crippen molar-refractivity contribution in [3.8, 4) is 0 Å². The van der Waals surface area contributed by atoms with Crippen molar-refractivity contribution < 1.29 is 28.6 Å². The van der Waals surface area contributed by atoms with Gasteiger partial charge in [-0.05, 0) is 52.7 Å². The van der Waals surface area contributed by atoms with Gasteiger partial charge in [-0.2, -0.15) is 0 Å². The highest BCUT2D eigenvalue weighted by molar-refractivity contribution is 6.05. The molecule has 180 valence electrons. The Kier molecular flexibility index (Phi) is 5.83. The third-order valence-electron chi connectivity index (χ3n) is 7.62. The molecule has 0 aromatic heterocycles. The van der Waals surface area contributed by atoms with Gasteiger partial charge in [0.25, 0.3) is 0 Å². The Bertz CT molecular complexity index is 1250. The lowest BCUT2D eigenvalue weighted by Gasteiger charge is -2.33. The van der Waals surface area contributed by atoms with Gasteiger partial charge in [0.15, 0.2) is 5.41 Å². The van der Waals surface area contributed by atoms with E-state index in [1.54, 1.807) is 6.92 Å². The number of benzene rings is 2. The van der Waals surface area contributed by atoms with Crippen LogP contribution in [-0.2, 0) is 35.0 Å². The van der Waals surface area contributed by atoms with E-state index in [9.17, 15) is 14.4 Å². The van der Waals surface area contributed by atoms with Crippen LogP contribution in [-0.4, -0.2) is 38.7 Å². The first-order valence-corrected chi connectivity index (χ1v) is 11.9. The molecule has 3 aliphatic carbocycles. The van der Waals surface area contributed by atoms with Crippen molar-refractivity contribution in [1.82, 2.24) is 0 Å². The van der Waals surface area contributed by atoms with E-state index in [1.807, 2.05) is 42.5 Å². The van der Waals surface area contributed by atoms with Gasteiger partial charge in [0.1, 0.15) is 0 Å². The van der Waals surface area contributed by atoms with Crippen LogP contribution in [0, 0.1) is 11.3 Å². The highest BCUT2D eigenvalue weighted by Crippen LogP contribution is 2.61. The number of esters is 3. The summed E-state index contributed by atoms with van der Waals surface area (Å²) in [5.41, 5.74) is 4.96. The zero-order valence-corrected chi connectivity index (χ0v) is 20.1. The van der Waals surface area contributed by atoms with Crippen molar-refractivity contribution in [2.75, 3.05) is 20.8 Å². The van der Waals surface area contributed by atoms with Gasteiger partial charge in [0.2, 0.25) is 0 Å². The van der Waals surface area contributed by atoms with E-state index in [0.717, 1.165) is 28.7 Å². The summed E-state index contributed by atoms with van der Waals surface area (Å²) in [6.45, 7) is 2.01. The average molecular weight is 473 g/mol. The number of carbonyl (C=O) groups is 3. The monoisotopic (exact) mass is 472 g/mol. The van der Waals surface area contributed by atoms with Crippen molar-refractivity contribution in [3.63, 3.8) is 0 Å². The van der Waals surface area contributed by atoms with E-state index in [1.165, 1.54) is 19.8 Å².